The molecule has 39 heavy (non-hydrogen) atoms. The summed E-state index contributed by atoms with van der Waals surface area (Å²) >= 11 is 3.77. The first-order valence-electron chi connectivity index (χ1n) is 13.2. The molecule has 9 rings (SSSR count). The molecule has 9 aromatic rings. The topological polar surface area (TPSA) is 4.93 Å². The highest BCUT2D eigenvalue weighted by molar-refractivity contribution is 7.26. The average Bonchev–Trinajstić information content (AvgIpc) is 3.66. The molecule has 0 fully saturated rings. The Morgan fingerprint density at radius 1 is 0.436 bits per heavy atom. The maximum absolute atomic E-state index is 2.48. The van der Waals surface area contributed by atoms with Crippen LogP contribution in [0.4, 0.5) is 0 Å². The summed E-state index contributed by atoms with van der Waals surface area (Å²) in [6.45, 7) is 0. The number of nitrogens with zero attached hydrogens (tertiary/aromatic N) is 1. The number of aromatic nitrogens is 1. The summed E-state index contributed by atoms with van der Waals surface area (Å²) < 4.78 is 7.82. The van der Waals surface area contributed by atoms with Crippen LogP contribution in [-0.2, 0) is 0 Å². The number of rotatable bonds is 2. The normalized spacial score (nSPS) is 12.1. The number of hydrogen-bond acceptors (Lipinski definition) is 2. The van der Waals surface area contributed by atoms with Crippen molar-refractivity contribution in [1.29, 1.82) is 0 Å². The highest BCUT2D eigenvalue weighted by Gasteiger charge is 2.22. The van der Waals surface area contributed by atoms with Gasteiger partial charge in [0.1, 0.15) is 0 Å². The van der Waals surface area contributed by atoms with E-state index in [1.807, 2.05) is 22.7 Å². The molecular weight excluding hydrogens is 511 g/mol. The van der Waals surface area contributed by atoms with Crippen LogP contribution in [0.3, 0.4) is 0 Å². The zero-order valence-corrected chi connectivity index (χ0v) is 22.5. The third kappa shape index (κ3) is 3.00. The molecule has 0 saturated carbocycles. The zero-order chi connectivity index (χ0) is 25.5. The molecular formula is C36H21NS2. The van der Waals surface area contributed by atoms with E-state index in [0.717, 1.165) is 0 Å². The molecule has 0 N–H and O–H groups in total. The minimum atomic E-state index is 1.19. The van der Waals surface area contributed by atoms with Crippen LogP contribution < -0.4 is 0 Å². The van der Waals surface area contributed by atoms with Crippen LogP contribution in [0.5, 0.6) is 0 Å². The molecule has 3 heterocycles. The van der Waals surface area contributed by atoms with Gasteiger partial charge in [-0.25, -0.2) is 0 Å². The first-order chi connectivity index (χ1) is 19.3. The van der Waals surface area contributed by atoms with Crippen molar-refractivity contribution < 1.29 is 0 Å². The summed E-state index contributed by atoms with van der Waals surface area (Å²) in [6.07, 6.45) is 0. The van der Waals surface area contributed by atoms with Gasteiger partial charge in [-0.15, -0.1) is 22.7 Å². The fraction of sp³-hybridized carbons (Fsp3) is 0. The third-order valence-corrected chi connectivity index (χ3v) is 10.3. The smallest absolute Gasteiger partial charge is 0.0640 e. The van der Waals surface area contributed by atoms with Gasteiger partial charge in [-0.3, -0.25) is 0 Å². The molecule has 3 heteroatoms. The van der Waals surface area contributed by atoms with E-state index in [1.54, 1.807) is 0 Å². The molecule has 0 aliphatic carbocycles. The Kier molecular flexibility index (Phi) is 4.43. The Morgan fingerprint density at radius 3 is 1.92 bits per heavy atom. The van der Waals surface area contributed by atoms with E-state index in [9.17, 15) is 0 Å². The van der Waals surface area contributed by atoms with Crippen LogP contribution in [0, 0.1) is 0 Å². The SMILES string of the molecule is c1ccc(-n2c3ccccc3c3c(-c4ccc5sc6ccccc6c5c4)cc4sc5ccccc5c4c32)cc1. The van der Waals surface area contributed by atoms with E-state index in [-0.39, 0.29) is 0 Å². The number of thiophene rings is 2. The number of benzene rings is 6. The highest BCUT2D eigenvalue weighted by Crippen LogP contribution is 2.48. The molecule has 182 valence electrons. The maximum atomic E-state index is 2.48. The first-order valence-corrected chi connectivity index (χ1v) is 14.8. The molecule has 0 amide bonds. The number of para-hydroxylation sites is 2. The van der Waals surface area contributed by atoms with E-state index in [4.69, 9.17) is 0 Å². The van der Waals surface area contributed by atoms with Gasteiger partial charge < -0.3 is 4.57 Å². The Labute approximate surface area is 232 Å². The average molecular weight is 532 g/mol. The molecule has 3 aromatic heterocycles. The molecule has 0 aliphatic heterocycles. The van der Waals surface area contributed by atoms with Gasteiger partial charge in [-0.1, -0.05) is 78.9 Å². The maximum Gasteiger partial charge on any atom is 0.0640 e. The standard InChI is InChI=1S/C36H21NS2/c1-2-10-23(11-3-1)37-29-15-7-4-13-25(29)34-27(21-33-35(36(34)37)26-14-6-9-17-31(26)39-33)22-18-19-32-28(20-22)24-12-5-8-16-30(24)38-32/h1-21H. The Bertz CT molecular complexity index is 2390. The second kappa shape index (κ2) is 8.03. The van der Waals surface area contributed by atoms with E-state index in [0.29, 0.717) is 0 Å². The van der Waals surface area contributed by atoms with Gasteiger partial charge in [0.2, 0.25) is 0 Å². The molecule has 1 nitrogen and oxygen atoms in total. The second-order valence-corrected chi connectivity index (χ2v) is 12.3. The lowest BCUT2D eigenvalue weighted by Gasteiger charge is -2.11. The van der Waals surface area contributed by atoms with Gasteiger partial charge in [0.25, 0.3) is 0 Å². The van der Waals surface area contributed by atoms with Gasteiger partial charge in [-0.05, 0) is 59.7 Å². The Balaban J connectivity index is 1.51. The van der Waals surface area contributed by atoms with Gasteiger partial charge in [0, 0.05) is 56.8 Å². The van der Waals surface area contributed by atoms with Gasteiger partial charge in [0.15, 0.2) is 0 Å². The molecule has 0 bridgehead atoms. The van der Waals surface area contributed by atoms with Crippen molar-refractivity contribution in [2.75, 3.05) is 0 Å². The van der Waals surface area contributed by atoms with E-state index in [1.165, 1.54) is 79.0 Å². The van der Waals surface area contributed by atoms with Gasteiger partial charge >= 0.3 is 0 Å². The van der Waals surface area contributed by atoms with Gasteiger partial charge in [0.05, 0.1) is 11.0 Å². The number of hydrogen-bond donors (Lipinski definition) is 0. The summed E-state index contributed by atoms with van der Waals surface area (Å²) in [5.74, 6) is 0. The van der Waals surface area contributed by atoms with Crippen molar-refractivity contribution in [3.8, 4) is 16.8 Å². The lowest BCUT2D eigenvalue weighted by molar-refractivity contribution is 1.19. The van der Waals surface area contributed by atoms with Crippen molar-refractivity contribution >= 4 is 84.8 Å². The highest BCUT2D eigenvalue weighted by atomic mass is 32.1. The van der Waals surface area contributed by atoms with Gasteiger partial charge in [-0.2, -0.15) is 0 Å². The lowest BCUT2D eigenvalue weighted by atomic mass is 9.96. The van der Waals surface area contributed by atoms with Crippen LogP contribution in [0.1, 0.15) is 0 Å². The molecule has 0 saturated heterocycles. The lowest BCUT2D eigenvalue weighted by Crippen LogP contribution is -1.94. The van der Waals surface area contributed by atoms with Crippen LogP contribution in [0.15, 0.2) is 127 Å². The van der Waals surface area contributed by atoms with Crippen molar-refractivity contribution in [3.63, 3.8) is 0 Å². The second-order valence-electron chi connectivity index (χ2n) is 10.1. The van der Waals surface area contributed by atoms with Crippen molar-refractivity contribution in [3.05, 3.63) is 127 Å². The van der Waals surface area contributed by atoms with E-state index in [2.05, 4.69) is 132 Å². The quantitative estimate of drug-likeness (QED) is 0.209. The summed E-state index contributed by atoms with van der Waals surface area (Å²) in [5, 5.41) is 7.96. The van der Waals surface area contributed by atoms with Crippen LogP contribution in [-0.4, -0.2) is 4.57 Å². The minimum Gasteiger partial charge on any atom is -0.309 e. The fourth-order valence-corrected chi connectivity index (χ4v) is 8.56. The summed E-state index contributed by atoms with van der Waals surface area (Å²) in [5.41, 5.74) is 6.29. The largest absolute Gasteiger partial charge is 0.309 e. The van der Waals surface area contributed by atoms with Crippen molar-refractivity contribution in [1.82, 2.24) is 4.57 Å². The predicted molar refractivity (Wildman–Crippen MR) is 172 cm³/mol. The summed E-state index contributed by atoms with van der Waals surface area (Å²) in [4.78, 5) is 0. The third-order valence-electron chi connectivity index (χ3n) is 7.98. The van der Waals surface area contributed by atoms with Crippen LogP contribution in [0.25, 0.3) is 79.0 Å². The van der Waals surface area contributed by atoms with Crippen LogP contribution in [0.2, 0.25) is 0 Å². The van der Waals surface area contributed by atoms with Crippen LogP contribution >= 0.6 is 22.7 Å². The molecule has 6 aromatic carbocycles. The van der Waals surface area contributed by atoms with Crippen molar-refractivity contribution in [2.24, 2.45) is 0 Å². The Hall–Kier alpha value is -4.44. The Morgan fingerprint density at radius 2 is 1.08 bits per heavy atom. The zero-order valence-electron chi connectivity index (χ0n) is 20.9. The molecule has 0 radical (unpaired) electrons. The molecule has 0 spiro atoms. The van der Waals surface area contributed by atoms with Crippen molar-refractivity contribution in [2.45, 2.75) is 0 Å². The monoisotopic (exact) mass is 531 g/mol. The van der Waals surface area contributed by atoms with E-state index < -0.39 is 0 Å². The van der Waals surface area contributed by atoms with E-state index >= 15 is 0 Å². The minimum absolute atomic E-state index is 1.19. The first kappa shape index (κ1) is 21.5. The fourth-order valence-electron chi connectivity index (χ4n) is 6.33. The molecule has 0 atom stereocenters. The molecule has 0 aliphatic rings. The summed E-state index contributed by atoms with van der Waals surface area (Å²) in [6, 6.07) is 46.8. The molecule has 0 unspecified atom stereocenters. The predicted octanol–water partition coefficient (Wildman–Crippen LogP) is 11.2. The summed E-state index contributed by atoms with van der Waals surface area (Å²) in [7, 11) is 0. The number of fused-ring (bicyclic) bond motifs is 10.